The monoisotopic (exact) mass is 391 g/mol. The van der Waals surface area contributed by atoms with Gasteiger partial charge in [0.25, 0.3) is 0 Å². The number of rotatable bonds is 5. The third-order valence-electron chi connectivity index (χ3n) is 5.64. The lowest BCUT2D eigenvalue weighted by atomic mass is 9.89. The van der Waals surface area contributed by atoms with Crippen LogP contribution in [-0.2, 0) is 0 Å². The summed E-state index contributed by atoms with van der Waals surface area (Å²) in [5, 5.41) is 3.50. The van der Waals surface area contributed by atoms with Crippen molar-refractivity contribution in [2.45, 2.75) is 31.7 Å². The molecule has 0 amide bonds. The molecule has 7 heteroatoms. The van der Waals surface area contributed by atoms with Gasteiger partial charge in [-0.25, -0.2) is 14.4 Å². The van der Waals surface area contributed by atoms with Gasteiger partial charge in [0, 0.05) is 36.8 Å². The van der Waals surface area contributed by atoms with Gasteiger partial charge >= 0.3 is 0 Å². The zero-order chi connectivity index (χ0) is 19.8. The number of piperidine rings is 1. The Hall–Kier alpha value is -3.09. The second kappa shape index (κ2) is 7.39. The van der Waals surface area contributed by atoms with Gasteiger partial charge in [0.2, 0.25) is 0 Å². The van der Waals surface area contributed by atoms with Crippen LogP contribution in [0.1, 0.15) is 36.0 Å². The Balaban J connectivity index is 1.36. The molecule has 3 aromatic rings. The van der Waals surface area contributed by atoms with Gasteiger partial charge in [-0.05, 0) is 43.9 Å². The number of hydrogen-bond donors (Lipinski definition) is 1. The van der Waals surface area contributed by atoms with Gasteiger partial charge in [0.05, 0.1) is 11.7 Å². The number of fused-ring (bicyclic) bond motifs is 1. The Morgan fingerprint density at radius 2 is 1.90 bits per heavy atom. The van der Waals surface area contributed by atoms with Crippen molar-refractivity contribution in [2.75, 3.05) is 23.3 Å². The highest BCUT2D eigenvalue weighted by molar-refractivity contribution is 5.98. The molecule has 2 fully saturated rings. The van der Waals surface area contributed by atoms with E-state index in [4.69, 9.17) is 9.97 Å². The summed E-state index contributed by atoms with van der Waals surface area (Å²) >= 11 is 0. The lowest BCUT2D eigenvalue weighted by Crippen LogP contribution is -2.37. The molecule has 1 saturated heterocycles. The second-order valence-electron chi connectivity index (χ2n) is 7.81. The van der Waals surface area contributed by atoms with E-state index in [9.17, 15) is 9.18 Å². The van der Waals surface area contributed by atoms with E-state index < -0.39 is 0 Å². The van der Waals surface area contributed by atoms with Crippen molar-refractivity contribution in [1.82, 2.24) is 15.0 Å². The van der Waals surface area contributed by atoms with Crippen molar-refractivity contribution in [3.63, 3.8) is 0 Å². The number of nitrogens with one attached hydrogen (secondary N) is 1. The van der Waals surface area contributed by atoms with Crippen molar-refractivity contribution in [1.29, 1.82) is 0 Å². The molecule has 1 saturated carbocycles. The van der Waals surface area contributed by atoms with Crippen LogP contribution in [0.4, 0.5) is 16.0 Å². The predicted molar refractivity (Wildman–Crippen MR) is 110 cm³/mol. The van der Waals surface area contributed by atoms with Gasteiger partial charge < -0.3 is 10.2 Å². The van der Waals surface area contributed by atoms with E-state index in [2.05, 4.69) is 15.2 Å². The summed E-state index contributed by atoms with van der Waals surface area (Å²) in [6.45, 7) is 1.43. The molecule has 2 aromatic heterocycles. The number of pyridine rings is 1. The van der Waals surface area contributed by atoms with Crippen LogP contribution in [0.15, 0.2) is 42.7 Å². The first kappa shape index (κ1) is 18.0. The van der Waals surface area contributed by atoms with Gasteiger partial charge in [-0.2, -0.15) is 0 Å². The van der Waals surface area contributed by atoms with Crippen LogP contribution in [-0.4, -0.2) is 39.9 Å². The van der Waals surface area contributed by atoms with Crippen molar-refractivity contribution in [3.05, 3.63) is 54.1 Å². The maximum absolute atomic E-state index is 13.5. The van der Waals surface area contributed by atoms with Gasteiger partial charge in [0.15, 0.2) is 17.4 Å². The molecular formula is C22H22FN5O. The second-order valence-corrected chi connectivity index (χ2v) is 7.81. The predicted octanol–water partition coefficient (Wildman–Crippen LogP) is 3.84. The summed E-state index contributed by atoms with van der Waals surface area (Å²) in [5.74, 6) is 1.19. The minimum atomic E-state index is -0.371. The normalized spacial score (nSPS) is 17.5. The molecule has 5 rings (SSSR count). The third-order valence-corrected chi connectivity index (χ3v) is 5.64. The summed E-state index contributed by atoms with van der Waals surface area (Å²) in [6, 6.07) is 8.31. The van der Waals surface area contributed by atoms with Gasteiger partial charge in [-0.15, -0.1) is 0 Å². The van der Waals surface area contributed by atoms with Crippen molar-refractivity contribution in [2.24, 2.45) is 5.92 Å². The Morgan fingerprint density at radius 3 is 2.66 bits per heavy atom. The number of hydrogen-bond acceptors (Lipinski definition) is 6. The zero-order valence-corrected chi connectivity index (χ0v) is 16.0. The summed E-state index contributed by atoms with van der Waals surface area (Å²) in [7, 11) is 0. The molecule has 2 aliphatic rings. The number of carbonyl (C=O) groups excluding carboxylic acids is 1. The summed E-state index contributed by atoms with van der Waals surface area (Å²) in [4.78, 5) is 28.7. The van der Waals surface area contributed by atoms with Crippen LogP contribution in [0.25, 0.3) is 11.0 Å². The first-order valence-electron chi connectivity index (χ1n) is 10.1. The molecule has 1 aliphatic heterocycles. The first-order valence-corrected chi connectivity index (χ1v) is 10.1. The van der Waals surface area contributed by atoms with E-state index in [0.717, 1.165) is 35.5 Å². The van der Waals surface area contributed by atoms with Crippen LogP contribution >= 0.6 is 0 Å². The highest BCUT2D eigenvalue weighted by Crippen LogP contribution is 2.33. The van der Waals surface area contributed by atoms with Crippen LogP contribution in [0, 0.1) is 11.7 Å². The standard InChI is InChI=1S/C22H22FN5O/c23-16-3-1-2-15(12-16)20(29)14-7-10-28(11-8-14)22-21(25-17-4-5-17)26-18-6-9-24-13-19(18)27-22/h1-3,6,9,12-14,17H,4-5,7-8,10-11H2,(H,25,26). The molecule has 148 valence electrons. The average molecular weight is 391 g/mol. The molecular weight excluding hydrogens is 369 g/mol. The van der Waals surface area contributed by atoms with Crippen molar-refractivity contribution < 1.29 is 9.18 Å². The fourth-order valence-corrected chi connectivity index (χ4v) is 3.87. The molecule has 1 aromatic carbocycles. The lowest BCUT2D eigenvalue weighted by molar-refractivity contribution is 0.0900. The molecule has 0 bridgehead atoms. The van der Waals surface area contributed by atoms with Crippen LogP contribution in [0.5, 0.6) is 0 Å². The third kappa shape index (κ3) is 3.77. The fourth-order valence-electron chi connectivity index (χ4n) is 3.87. The maximum atomic E-state index is 13.5. The number of Topliss-reactive ketones (excluding diaryl/α,β-unsaturated/α-hetero) is 1. The Morgan fingerprint density at radius 1 is 1.07 bits per heavy atom. The summed E-state index contributed by atoms with van der Waals surface area (Å²) in [5.41, 5.74) is 2.04. The Labute approximate surface area is 168 Å². The smallest absolute Gasteiger partial charge is 0.172 e. The van der Waals surface area contributed by atoms with E-state index in [1.54, 1.807) is 24.5 Å². The van der Waals surface area contributed by atoms with E-state index in [0.29, 0.717) is 37.5 Å². The SMILES string of the molecule is O=C(c1cccc(F)c1)C1CCN(c2nc3cnccc3nc2NC2CC2)CC1. The lowest BCUT2D eigenvalue weighted by Gasteiger charge is -2.33. The van der Waals surface area contributed by atoms with Crippen molar-refractivity contribution >= 4 is 28.5 Å². The topological polar surface area (TPSA) is 71.0 Å². The molecule has 0 atom stereocenters. The molecule has 1 N–H and O–H groups in total. The van der Waals surface area contributed by atoms with Crippen LogP contribution in [0.2, 0.25) is 0 Å². The van der Waals surface area contributed by atoms with E-state index >= 15 is 0 Å². The van der Waals surface area contributed by atoms with Crippen molar-refractivity contribution in [3.8, 4) is 0 Å². The first-order chi connectivity index (χ1) is 14.2. The molecule has 0 spiro atoms. The molecule has 6 nitrogen and oxygen atoms in total. The maximum Gasteiger partial charge on any atom is 0.172 e. The van der Waals surface area contributed by atoms with Gasteiger partial charge in [-0.1, -0.05) is 12.1 Å². The number of nitrogens with zero attached hydrogens (tertiary/aromatic N) is 4. The Bertz CT molecular complexity index is 1060. The minimum absolute atomic E-state index is 0.0225. The quantitative estimate of drug-likeness (QED) is 0.667. The molecule has 3 heterocycles. The summed E-state index contributed by atoms with van der Waals surface area (Å²) < 4.78 is 13.5. The molecule has 29 heavy (non-hydrogen) atoms. The van der Waals surface area contributed by atoms with Crippen LogP contribution < -0.4 is 10.2 Å². The number of ketones is 1. The van der Waals surface area contributed by atoms with Gasteiger partial charge in [0.1, 0.15) is 11.3 Å². The van der Waals surface area contributed by atoms with E-state index in [-0.39, 0.29) is 17.5 Å². The highest BCUT2D eigenvalue weighted by Gasteiger charge is 2.30. The molecule has 0 radical (unpaired) electrons. The number of carbonyl (C=O) groups is 1. The Kier molecular flexibility index (Phi) is 4.58. The zero-order valence-electron chi connectivity index (χ0n) is 16.0. The van der Waals surface area contributed by atoms with Crippen LogP contribution in [0.3, 0.4) is 0 Å². The summed E-state index contributed by atoms with van der Waals surface area (Å²) in [6.07, 6.45) is 7.18. The highest BCUT2D eigenvalue weighted by atomic mass is 19.1. The molecule has 1 aliphatic carbocycles. The fraction of sp³-hybridized carbons (Fsp3) is 0.364. The van der Waals surface area contributed by atoms with E-state index in [1.165, 1.54) is 12.1 Å². The largest absolute Gasteiger partial charge is 0.364 e. The number of anilines is 2. The number of halogens is 1. The minimum Gasteiger partial charge on any atom is -0.364 e. The average Bonchev–Trinajstić information content (AvgIpc) is 3.57. The molecule has 0 unspecified atom stereocenters. The van der Waals surface area contributed by atoms with Gasteiger partial charge in [-0.3, -0.25) is 9.78 Å². The number of benzene rings is 1. The van der Waals surface area contributed by atoms with E-state index in [1.807, 2.05) is 6.07 Å². The number of aromatic nitrogens is 3.